The van der Waals surface area contributed by atoms with E-state index >= 15 is 0 Å². The predicted molar refractivity (Wildman–Crippen MR) is 57.1 cm³/mol. The number of nitrogens with zero attached hydrogens (tertiary/aromatic N) is 2. The van der Waals surface area contributed by atoms with Crippen LogP contribution in [-0.2, 0) is 12.7 Å². The van der Waals surface area contributed by atoms with Crippen molar-refractivity contribution in [2.75, 3.05) is 5.73 Å². The van der Waals surface area contributed by atoms with Gasteiger partial charge in [0.2, 0.25) is 0 Å². The van der Waals surface area contributed by atoms with Crippen molar-refractivity contribution >= 4 is 5.82 Å². The maximum absolute atomic E-state index is 12.9. The topological polar surface area (TPSA) is 43.8 Å². The van der Waals surface area contributed by atoms with Crippen LogP contribution in [0.5, 0.6) is 0 Å². The second kappa shape index (κ2) is 4.32. The third-order valence-electron chi connectivity index (χ3n) is 2.37. The van der Waals surface area contributed by atoms with Crippen LogP contribution in [0.3, 0.4) is 0 Å². The molecule has 0 aliphatic heterocycles. The highest BCUT2D eigenvalue weighted by molar-refractivity contribution is 5.31. The van der Waals surface area contributed by atoms with E-state index in [0.29, 0.717) is 6.07 Å². The molecule has 0 atom stereocenters. The molecule has 0 aliphatic rings. The lowest BCUT2D eigenvalue weighted by Gasteiger charge is -2.12. The molecule has 0 saturated heterocycles. The molecule has 0 spiro atoms. The minimum atomic E-state index is -4.60. The normalized spacial score (nSPS) is 11.8. The highest BCUT2D eigenvalue weighted by atomic mass is 19.4. The van der Waals surface area contributed by atoms with Crippen molar-refractivity contribution in [1.29, 1.82) is 0 Å². The zero-order valence-electron chi connectivity index (χ0n) is 9.08. The van der Waals surface area contributed by atoms with Gasteiger partial charge in [0.15, 0.2) is 0 Å². The highest BCUT2D eigenvalue weighted by Gasteiger charge is 2.33. The first-order valence-corrected chi connectivity index (χ1v) is 5.01. The molecule has 2 rings (SSSR count). The molecule has 2 N–H and O–H groups in total. The summed E-state index contributed by atoms with van der Waals surface area (Å²) in [4.78, 5) is 0. The van der Waals surface area contributed by atoms with Crippen LogP contribution in [0.25, 0.3) is 0 Å². The van der Waals surface area contributed by atoms with Gasteiger partial charge in [-0.05, 0) is 23.8 Å². The summed E-state index contributed by atoms with van der Waals surface area (Å²) in [5, 5.41) is 3.78. The molecule has 2 aromatic rings. The summed E-state index contributed by atoms with van der Waals surface area (Å²) in [5.74, 6) is -0.711. The van der Waals surface area contributed by atoms with Crippen LogP contribution < -0.4 is 5.73 Å². The molecule has 3 nitrogen and oxygen atoms in total. The molecule has 0 unspecified atom stereocenters. The summed E-state index contributed by atoms with van der Waals surface area (Å²) < 4.78 is 52.3. The fourth-order valence-corrected chi connectivity index (χ4v) is 1.59. The second-order valence-electron chi connectivity index (χ2n) is 3.74. The molecular weight excluding hydrogens is 250 g/mol. The van der Waals surface area contributed by atoms with Gasteiger partial charge in [0.05, 0.1) is 12.1 Å². The number of nitrogens with two attached hydrogens (primary N) is 1. The summed E-state index contributed by atoms with van der Waals surface area (Å²) in [6.07, 6.45) is -3.14. The van der Waals surface area contributed by atoms with Gasteiger partial charge < -0.3 is 5.73 Å². The van der Waals surface area contributed by atoms with E-state index in [4.69, 9.17) is 5.73 Å². The molecule has 0 amide bonds. The van der Waals surface area contributed by atoms with Crippen LogP contribution in [0.1, 0.15) is 11.1 Å². The van der Waals surface area contributed by atoms with E-state index in [-0.39, 0.29) is 17.9 Å². The van der Waals surface area contributed by atoms with Crippen molar-refractivity contribution < 1.29 is 17.6 Å². The van der Waals surface area contributed by atoms with Crippen LogP contribution in [0.15, 0.2) is 30.5 Å². The Morgan fingerprint density at radius 1 is 1.22 bits per heavy atom. The van der Waals surface area contributed by atoms with Gasteiger partial charge in [-0.2, -0.15) is 18.3 Å². The predicted octanol–water partition coefficient (Wildman–Crippen LogP) is 2.67. The fourth-order valence-electron chi connectivity index (χ4n) is 1.59. The van der Waals surface area contributed by atoms with E-state index in [9.17, 15) is 17.6 Å². The summed E-state index contributed by atoms with van der Waals surface area (Å²) in [5.41, 5.74) is 4.30. The van der Waals surface area contributed by atoms with Crippen molar-refractivity contribution in [2.24, 2.45) is 0 Å². The lowest BCUT2D eigenvalue weighted by Crippen LogP contribution is -2.12. The number of hydrogen-bond donors (Lipinski definition) is 1. The van der Waals surface area contributed by atoms with Crippen LogP contribution >= 0.6 is 0 Å². The van der Waals surface area contributed by atoms with Gasteiger partial charge in [0.1, 0.15) is 11.6 Å². The minimum absolute atomic E-state index is 0.0630. The van der Waals surface area contributed by atoms with Gasteiger partial charge in [0.25, 0.3) is 0 Å². The first-order chi connectivity index (χ1) is 8.36. The van der Waals surface area contributed by atoms with Gasteiger partial charge in [-0.25, -0.2) is 4.39 Å². The molecule has 0 aliphatic carbocycles. The van der Waals surface area contributed by atoms with Crippen LogP contribution in [0, 0.1) is 5.82 Å². The van der Waals surface area contributed by atoms with Gasteiger partial charge in [0, 0.05) is 6.20 Å². The average Bonchev–Trinajstić information content (AvgIpc) is 2.65. The van der Waals surface area contributed by atoms with Crippen molar-refractivity contribution in [1.82, 2.24) is 9.78 Å². The van der Waals surface area contributed by atoms with Crippen LogP contribution in [0.4, 0.5) is 23.4 Å². The number of benzene rings is 1. The van der Waals surface area contributed by atoms with E-state index in [0.717, 1.165) is 12.1 Å². The summed E-state index contributed by atoms with van der Waals surface area (Å²) in [6.45, 7) is -0.119. The van der Waals surface area contributed by atoms with E-state index in [1.54, 1.807) is 0 Å². The standard InChI is InChI=1S/C11H9F4N3/c12-8-2-1-7(9(5-8)11(13,14)15)6-18-4-3-10(16)17-18/h1-5H,6H2,(H2,16,17). The fraction of sp³-hybridized carbons (Fsp3) is 0.182. The first-order valence-electron chi connectivity index (χ1n) is 5.01. The molecule has 0 fully saturated rings. The Hall–Kier alpha value is -2.05. The summed E-state index contributed by atoms with van der Waals surface area (Å²) >= 11 is 0. The van der Waals surface area contributed by atoms with Crippen molar-refractivity contribution in [3.05, 3.63) is 47.4 Å². The lowest BCUT2D eigenvalue weighted by molar-refractivity contribution is -0.138. The molecule has 1 heterocycles. The highest BCUT2D eigenvalue weighted by Crippen LogP contribution is 2.32. The number of aromatic nitrogens is 2. The van der Waals surface area contributed by atoms with Crippen molar-refractivity contribution in [2.45, 2.75) is 12.7 Å². The van der Waals surface area contributed by atoms with Gasteiger partial charge >= 0.3 is 6.18 Å². The number of anilines is 1. The smallest absolute Gasteiger partial charge is 0.382 e. The quantitative estimate of drug-likeness (QED) is 0.842. The minimum Gasteiger partial charge on any atom is -0.382 e. The monoisotopic (exact) mass is 259 g/mol. The Kier molecular flexibility index (Phi) is 2.98. The average molecular weight is 259 g/mol. The molecule has 18 heavy (non-hydrogen) atoms. The van der Waals surface area contributed by atoms with Gasteiger partial charge in [-0.15, -0.1) is 0 Å². The lowest BCUT2D eigenvalue weighted by atomic mass is 10.1. The summed E-state index contributed by atoms with van der Waals surface area (Å²) in [7, 11) is 0. The van der Waals surface area contributed by atoms with Gasteiger partial charge in [-0.3, -0.25) is 4.68 Å². The Bertz CT molecular complexity index is 560. The Morgan fingerprint density at radius 3 is 2.50 bits per heavy atom. The van der Waals surface area contributed by atoms with Gasteiger partial charge in [-0.1, -0.05) is 6.07 Å². The molecule has 0 bridgehead atoms. The Morgan fingerprint density at radius 2 is 1.94 bits per heavy atom. The maximum Gasteiger partial charge on any atom is 0.416 e. The molecule has 96 valence electrons. The molecule has 1 aromatic heterocycles. The number of alkyl halides is 3. The van der Waals surface area contributed by atoms with E-state index in [1.807, 2.05) is 0 Å². The molecular formula is C11H9F4N3. The molecule has 1 aromatic carbocycles. The summed E-state index contributed by atoms with van der Waals surface area (Å²) in [6, 6.07) is 4.02. The molecule has 7 heteroatoms. The molecule has 0 saturated carbocycles. The van der Waals surface area contributed by atoms with Crippen molar-refractivity contribution in [3.63, 3.8) is 0 Å². The third kappa shape index (κ3) is 2.61. The van der Waals surface area contributed by atoms with Crippen LogP contribution in [-0.4, -0.2) is 9.78 Å². The van der Waals surface area contributed by atoms with Crippen LogP contribution in [0.2, 0.25) is 0 Å². The van der Waals surface area contributed by atoms with E-state index in [2.05, 4.69) is 5.10 Å². The Balaban J connectivity index is 2.38. The van der Waals surface area contributed by atoms with Crippen molar-refractivity contribution in [3.8, 4) is 0 Å². The Labute approximate surface area is 99.8 Å². The first kappa shape index (κ1) is 12.4. The molecule has 0 radical (unpaired) electrons. The zero-order valence-corrected chi connectivity index (χ0v) is 9.08. The number of halogens is 4. The SMILES string of the molecule is Nc1ccn(Cc2ccc(F)cc2C(F)(F)F)n1. The van der Waals surface area contributed by atoms with E-state index < -0.39 is 17.6 Å². The number of rotatable bonds is 2. The second-order valence-corrected chi connectivity index (χ2v) is 3.74. The van der Waals surface area contributed by atoms with E-state index in [1.165, 1.54) is 16.9 Å². The third-order valence-corrected chi connectivity index (χ3v) is 2.37. The number of nitrogen functional groups attached to an aromatic ring is 1. The maximum atomic E-state index is 12.9. The zero-order chi connectivity index (χ0) is 13.3. The number of hydrogen-bond acceptors (Lipinski definition) is 2. The largest absolute Gasteiger partial charge is 0.416 e.